The predicted octanol–water partition coefficient (Wildman–Crippen LogP) is 3.01. The van der Waals surface area contributed by atoms with E-state index in [-0.39, 0.29) is 0 Å². The molecule has 0 N–H and O–H groups in total. The van der Waals surface area contributed by atoms with Crippen LogP contribution in [0.4, 0.5) is 0 Å². The molecule has 1 heterocycles. The van der Waals surface area contributed by atoms with E-state index in [9.17, 15) is 0 Å². The molecule has 74 valence electrons. The second kappa shape index (κ2) is 4.20. The van der Waals surface area contributed by atoms with Crippen molar-refractivity contribution in [3.8, 4) is 6.07 Å². The number of nitriles is 1. The third-order valence-electron chi connectivity index (χ3n) is 1.77. The molecule has 2 rings (SSSR count). The Bertz CT molecular complexity index is 513. The first-order valence-corrected chi connectivity index (χ1v) is 5.20. The molecule has 0 amide bonds. The highest BCUT2D eigenvalue weighted by Crippen LogP contribution is 2.27. The number of benzene rings is 1. The number of hydrogen-bond acceptors (Lipinski definition) is 4. The lowest BCUT2D eigenvalue weighted by molar-refractivity contribution is 0.454. The minimum atomic E-state index is 0.600. The molecule has 15 heavy (non-hydrogen) atoms. The van der Waals surface area contributed by atoms with E-state index in [0.717, 1.165) is 10.6 Å². The standard InChI is InChI=1S/C11H8N2OS/c1-8-7-14-11(13-8)15-10-4-2-3-9(5-10)6-12/h2-5,7H,1H3. The van der Waals surface area contributed by atoms with Crippen molar-refractivity contribution in [2.45, 2.75) is 17.0 Å². The molecule has 3 nitrogen and oxygen atoms in total. The van der Waals surface area contributed by atoms with Gasteiger partial charge >= 0.3 is 0 Å². The van der Waals surface area contributed by atoms with Crippen LogP contribution in [0.15, 0.2) is 45.1 Å². The Balaban J connectivity index is 2.21. The second-order valence-electron chi connectivity index (χ2n) is 3.00. The fraction of sp³-hybridized carbons (Fsp3) is 0.0909. The zero-order valence-electron chi connectivity index (χ0n) is 8.10. The van der Waals surface area contributed by atoms with Gasteiger partial charge in [0.25, 0.3) is 5.22 Å². The zero-order valence-corrected chi connectivity index (χ0v) is 8.91. The van der Waals surface area contributed by atoms with Crippen molar-refractivity contribution in [3.63, 3.8) is 0 Å². The summed E-state index contributed by atoms with van der Waals surface area (Å²) in [6.07, 6.45) is 1.61. The Kier molecular flexibility index (Phi) is 2.75. The highest BCUT2D eigenvalue weighted by molar-refractivity contribution is 7.99. The van der Waals surface area contributed by atoms with Crippen molar-refractivity contribution >= 4 is 11.8 Å². The number of aromatic nitrogens is 1. The number of rotatable bonds is 2. The molecule has 0 saturated carbocycles. The maximum absolute atomic E-state index is 8.73. The molecule has 1 aromatic heterocycles. The van der Waals surface area contributed by atoms with Gasteiger partial charge in [-0.25, -0.2) is 4.98 Å². The monoisotopic (exact) mass is 216 g/mol. The SMILES string of the molecule is Cc1coc(Sc2cccc(C#N)c2)n1. The molecule has 1 aromatic carbocycles. The smallest absolute Gasteiger partial charge is 0.260 e. The first-order chi connectivity index (χ1) is 7.28. The summed E-state index contributed by atoms with van der Waals surface area (Å²) in [4.78, 5) is 5.13. The lowest BCUT2D eigenvalue weighted by Crippen LogP contribution is -1.77. The quantitative estimate of drug-likeness (QED) is 0.774. The average Bonchev–Trinajstić information content (AvgIpc) is 2.64. The number of oxazole rings is 1. The van der Waals surface area contributed by atoms with Gasteiger partial charge in [-0.15, -0.1) is 0 Å². The Morgan fingerprint density at radius 2 is 2.33 bits per heavy atom. The Hall–Kier alpha value is -1.73. The van der Waals surface area contributed by atoms with Gasteiger partial charge in [0.1, 0.15) is 6.26 Å². The van der Waals surface area contributed by atoms with Gasteiger partial charge in [0, 0.05) is 4.90 Å². The fourth-order valence-electron chi connectivity index (χ4n) is 1.11. The molecule has 0 spiro atoms. The topological polar surface area (TPSA) is 49.8 Å². The summed E-state index contributed by atoms with van der Waals surface area (Å²) in [5.74, 6) is 0. The van der Waals surface area contributed by atoms with E-state index in [2.05, 4.69) is 11.1 Å². The third-order valence-corrected chi connectivity index (χ3v) is 2.62. The predicted molar refractivity (Wildman–Crippen MR) is 56.5 cm³/mol. The molecule has 0 radical (unpaired) electrons. The summed E-state index contributed by atoms with van der Waals surface area (Å²) in [5.41, 5.74) is 1.50. The summed E-state index contributed by atoms with van der Waals surface area (Å²) in [7, 11) is 0. The van der Waals surface area contributed by atoms with E-state index in [1.54, 1.807) is 12.3 Å². The van der Waals surface area contributed by atoms with E-state index >= 15 is 0 Å². The molecule has 0 aliphatic rings. The molecule has 0 aliphatic heterocycles. The summed E-state index contributed by atoms with van der Waals surface area (Å²) in [6, 6.07) is 9.44. The van der Waals surface area contributed by atoms with Crippen LogP contribution in [0.25, 0.3) is 0 Å². The molecule has 0 saturated heterocycles. The van der Waals surface area contributed by atoms with Gasteiger partial charge in [0.15, 0.2) is 0 Å². The summed E-state index contributed by atoms with van der Waals surface area (Å²) >= 11 is 1.41. The maximum atomic E-state index is 8.73. The molecular weight excluding hydrogens is 208 g/mol. The van der Waals surface area contributed by atoms with Gasteiger partial charge in [-0.3, -0.25) is 0 Å². The number of aryl methyl sites for hydroxylation is 1. The average molecular weight is 216 g/mol. The Labute approximate surface area is 91.7 Å². The molecular formula is C11H8N2OS. The first kappa shape index (κ1) is 9.81. The maximum Gasteiger partial charge on any atom is 0.260 e. The van der Waals surface area contributed by atoms with E-state index in [1.165, 1.54) is 11.8 Å². The van der Waals surface area contributed by atoms with Crippen molar-refractivity contribution in [2.75, 3.05) is 0 Å². The van der Waals surface area contributed by atoms with Crippen molar-refractivity contribution in [1.82, 2.24) is 4.98 Å². The highest BCUT2D eigenvalue weighted by atomic mass is 32.2. The molecule has 2 aromatic rings. The summed E-state index contributed by atoms with van der Waals surface area (Å²) in [5, 5.41) is 9.33. The first-order valence-electron chi connectivity index (χ1n) is 4.38. The second-order valence-corrected chi connectivity index (χ2v) is 4.02. The van der Waals surface area contributed by atoms with Crippen LogP contribution in [0.2, 0.25) is 0 Å². The lowest BCUT2D eigenvalue weighted by atomic mass is 10.2. The summed E-state index contributed by atoms with van der Waals surface area (Å²) < 4.78 is 5.21. The van der Waals surface area contributed by atoms with Crippen molar-refractivity contribution in [2.24, 2.45) is 0 Å². The van der Waals surface area contributed by atoms with E-state index < -0.39 is 0 Å². The minimum Gasteiger partial charge on any atom is -0.439 e. The van der Waals surface area contributed by atoms with Crippen LogP contribution < -0.4 is 0 Å². The van der Waals surface area contributed by atoms with Crippen LogP contribution >= 0.6 is 11.8 Å². The van der Waals surface area contributed by atoms with E-state index in [0.29, 0.717) is 10.8 Å². The molecule has 0 fully saturated rings. The van der Waals surface area contributed by atoms with Gasteiger partial charge in [0.05, 0.1) is 17.3 Å². The third kappa shape index (κ3) is 2.39. The van der Waals surface area contributed by atoms with Gasteiger partial charge in [-0.1, -0.05) is 6.07 Å². The zero-order chi connectivity index (χ0) is 10.7. The highest BCUT2D eigenvalue weighted by Gasteiger charge is 2.03. The van der Waals surface area contributed by atoms with Crippen LogP contribution in [0.5, 0.6) is 0 Å². The number of nitrogens with zero attached hydrogens (tertiary/aromatic N) is 2. The fourth-order valence-corrected chi connectivity index (χ4v) is 1.93. The Morgan fingerprint density at radius 3 is 3.00 bits per heavy atom. The minimum absolute atomic E-state index is 0.600. The largest absolute Gasteiger partial charge is 0.439 e. The van der Waals surface area contributed by atoms with Crippen LogP contribution in [-0.4, -0.2) is 4.98 Å². The van der Waals surface area contributed by atoms with Crippen molar-refractivity contribution in [3.05, 3.63) is 41.8 Å². The normalized spacial score (nSPS) is 9.87. The molecule has 4 heteroatoms. The van der Waals surface area contributed by atoms with E-state index in [1.807, 2.05) is 25.1 Å². The molecule has 0 bridgehead atoms. The summed E-state index contributed by atoms with van der Waals surface area (Å²) in [6.45, 7) is 1.87. The van der Waals surface area contributed by atoms with Crippen molar-refractivity contribution in [1.29, 1.82) is 5.26 Å². The van der Waals surface area contributed by atoms with Crippen LogP contribution in [-0.2, 0) is 0 Å². The van der Waals surface area contributed by atoms with Gasteiger partial charge < -0.3 is 4.42 Å². The molecule has 0 aliphatic carbocycles. The van der Waals surface area contributed by atoms with Crippen LogP contribution in [0, 0.1) is 18.3 Å². The Morgan fingerprint density at radius 1 is 1.47 bits per heavy atom. The van der Waals surface area contributed by atoms with Crippen LogP contribution in [0.3, 0.4) is 0 Å². The molecule has 0 unspecified atom stereocenters. The van der Waals surface area contributed by atoms with Gasteiger partial charge in [-0.2, -0.15) is 5.26 Å². The van der Waals surface area contributed by atoms with Gasteiger partial charge in [0.2, 0.25) is 0 Å². The van der Waals surface area contributed by atoms with Gasteiger partial charge in [-0.05, 0) is 36.9 Å². The van der Waals surface area contributed by atoms with Crippen LogP contribution in [0.1, 0.15) is 11.3 Å². The molecule has 0 atom stereocenters. The lowest BCUT2D eigenvalue weighted by Gasteiger charge is -1.96. The van der Waals surface area contributed by atoms with Crippen molar-refractivity contribution < 1.29 is 4.42 Å². The number of hydrogen-bond donors (Lipinski definition) is 0. The van der Waals surface area contributed by atoms with E-state index in [4.69, 9.17) is 9.68 Å².